The number of nitrogens with zero attached hydrogens (tertiary/aromatic N) is 4. The van der Waals surface area contributed by atoms with Gasteiger partial charge >= 0.3 is 0 Å². The average Bonchev–Trinajstić information content (AvgIpc) is 2.82. The summed E-state index contributed by atoms with van der Waals surface area (Å²) in [5, 5.41) is 9.00. The Labute approximate surface area is 110 Å². The molecule has 0 aliphatic carbocycles. The molecule has 0 aliphatic heterocycles. The fraction of sp³-hybridized carbons (Fsp3) is 0.214. The van der Waals surface area contributed by atoms with Crippen LogP contribution < -0.4 is 0 Å². The summed E-state index contributed by atoms with van der Waals surface area (Å²) in [6.45, 7) is 4.09. The summed E-state index contributed by atoms with van der Waals surface area (Å²) in [6, 6.07) is 4.14. The third kappa shape index (κ3) is 1.98. The van der Waals surface area contributed by atoms with Crippen LogP contribution in [0.25, 0.3) is 17.0 Å². The molecule has 0 amide bonds. The average molecular weight is 254 g/mol. The third-order valence-corrected chi connectivity index (χ3v) is 3.25. The fourth-order valence-corrected chi connectivity index (χ4v) is 1.98. The molecule has 5 heteroatoms. The highest BCUT2D eigenvalue weighted by Crippen LogP contribution is 2.20. The molecule has 3 aromatic rings. The minimum absolute atomic E-state index is 0.0523. The highest BCUT2D eigenvalue weighted by Gasteiger charge is 2.08. The molecule has 5 nitrogen and oxygen atoms in total. The summed E-state index contributed by atoms with van der Waals surface area (Å²) in [6.07, 6.45) is 4.96. The van der Waals surface area contributed by atoms with Gasteiger partial charge in [0.2, 0.25) is 5.95 Å². The monoisotopic (exact) mass is 254 g/mol. The van der Waals surface area contributed by atoms with Gasteiger partial charge in [0, 0.05) is 18.0 Å². The van der Waals surface area contributed by atoms with E-state index in [1.54, 1.807) is 18.7 Å². The Morgan fingerprint density at radius 2 is 1.74 bits per heavy atom. The van der Waals surface area contributed by atoms with Crippen molar-refractivity contribution in [1.82, 2.24) is 19.5 Å². The van der Waals surface area contributed by atoms with E-state index in [9.17, 15) is 0 Å². The first-order valence-corrected chi connectivity index (χ1v) is 6.05. The predicted molar refractivity (Wildman–Crippen MR) is 72.1 cm³/mol. The molecule has 0 spiro atoms. The number of imidazole rings is 1. The van der Waals surface area contributed by atoms with Gasteiger partial charge in [0.25, 0.3) is 0 Å². The van der Waals surface area contributed by atoms with Crippen molar-refractivity contribution in [3.8, 4) is 5.95 Å². The zero-order chi connectivity index (χ0) is 13.4. The predicted octanol–water partition coefficient (Wildman–Crippen LogP) is 1.92. The van der Waals surface area contributed by atoms with Crippen LogP contribution in [0.3, 0.4) is 0 Å². The molecule has 1 N–H and O–H groups in total. The van der Waals surface area contributed by atoms with Crippen molar-refractivity contribution in [2.75, 3.05) is 0 Å². The summed E-state index contributed by atoms with van der Waals surface area (Å²) in [7, 11) is 0. The van der Waals surface area contributed by atoms with Crippen molar-refractivity contribution in [2.45, 2.75) is 20.5 Å². The lowest BCUT2D eigenvalue weighted by Gasteiger charge is -2.04. The molecule has 2 heterocycles. The number of aryl methyl sites for hydroxylation is 2. The van der Waals surface area contributed by atoms with Crippen molar-refractivity contribution in [2.24, 2.45) is 0 Å². The van der Waals surface area contributed by atoms with E-state index in [1.165, 1.54) is 11.1 Å². The molecule has 0 unspecified atom stereocenters. The van der Waals surface area contributed by atoms with Gasteiger partial charge < -0.3 is 5.11 Å². The summed E-state index contributed by atoms with van der Waals surface area (Å²) in [5.41, 5.74) is 5.04. The van der Waals surface area contributed by atoms with Crippen molar-refractivity contribution < 1.29 is 5.11 Å². The lowest BCUT2D eigenvalue weighted by atomic mass is 10.1. The molecule has 0 aliphatic rings. The van der Waals surface area contributed by atoms with Crippen LogP contribution in [0.2, 0.25) is 0 Å². The van der Waals surface area contributed by atoms with Crippen LogP contribution in [0.4, 0.5) is 0 Å². The Kier molecular flexibility index (Phi) is 2.76. The fourth-order valence-electron chi connectivity index (χ4n) is 1.98. The van der Waals surface area contributed by atoms with Crippen LogP contribution in [0.5, 0.6) is 0 Å². The smallest absolute Gasteiger partial charge is 0.235 e. The van der Waals surface area contributed by atoms with E-state index in [4.69, 9.17) is 5.11 Å². The van der Waals surface area contributed by atoms with Gasteiger partial charge in [-0.05, 0) is 37.1 Å². The Morgan fingerprint density at radius 1 is 1.05 bits per heavy atom. The van der Waals surface area contributed by atoms with E-state index in [-0.39, 0.29) is 6.61 Å². The first-order valence-electron chi connectivity index (χ1n) is 6.05. The number of aliphatic hydroxyl groups is 1. The normalized spacial score (nSPS) is 11.1. The molecular formula is C14H14N4O. The SMILES string of the molecule is Cc1cc2ncn(-c3ncc(CO)cn3)c2cc1C. The minimum Gasteiger partial charge on any atom is -0.392 e. The van der Waals surface area contributed by atoms with Crippen LogP contribution >= 0.6 is 0 Å². The topological polar surface area (TPSA) is 63.8 Å². The molecule has 19 heavy (non-hydrogen) atoms. The second-order valence-corrected chi connectivity index (χ2v) is 4.59. The number of aromatic nitrogens is 4. The van der Waals surface area contributed by atoms with E-state index >= 15 is 0 Å². The summed E-state index contributed by atoms with van der Waals surface area (Å²) in [4.78, 5) is 12.9. The molecule has 0 bridgehead atoms. The van der Waals surface area contributed by atoms with Crippen molar-refractivity contribution >= 4 is 11.0 Å². The quantitative estimate of drug-likeness (QED) is 0.759. The number of fused-ring (bicyclic) bond motifs is 1. The number of aliphatic hydroxyl groups excluding tert-OH is 1. The van der Waals surface area contributed by atoms with E-state index < -0.39 is 0 Å². The Hall–Kier alpha value is -2.27. The van der Waals surface area contributed by atoms with Crippen LogP contribution in [0.1, 0.15) is 16.7 Å². The minimum atomic E-state index is -0.0523. The first kappa shape index (κ1) is 11.8. The summed E-state index contributed by atoms with van der Waals surface area (Å²) < 4.78 is 1.85. The lowest BCUT2D eigenvalue weighted by molar-refractivity contribution is 0.281. The van der Waals surface area contributed by atoms with Gasteiger partial charge in [0.15, 0.2) is 0 Å². The second kappa shape index (κ2) is 4.44. The summed E-state index contributed by atoms with van der Waals surface area (Å²) in [5.74, 6) is 0.558. The first-order chi connectivity index (χ1) is 9.19. The lowest BCUT2D eigenvalue weighted by Crippen LogP contribution is -2.00. The van der Waals surface area contributed by atoms with Gasteiger partial charge in [-0.3, -0.25) is 4.57 Å². The Morgan fingerprint density at radius 3 is 2.42 bits per heavy atom. The molecule has 0 atom stereocenters. The Balaban J connectivity index is 2.16. The van der Waals surface area contributed by atoms with Crippen molar-refractivity contribution in [3.63, 3.8) is 0 Å². The van der Waals surface area contributed by atoms with Gasteiger partial charge in [-0.1, -0.05) is 0 Å². The van der Waals surface area contributed by atoms with E-state index in [2.05, 4.69) is 40.9 Å². The van der Waals surface area contributed by atoms with Crippen LogP contribution in [-0.4, -0.2) is 24.6 Å². The molecule has 3 rings (SSSR count). The standard InChI is InChI=1S/C14H14N4O/c1-9-3-12-13(4-10(9)2)18(8-17-12)14-15-5-11(7-19)6-16-14/h3-6,8,19H,7H2,1-2H3. The molecule has 0 saturated carbocycles. The zero-order valence-electron chi connectivity index (χ0n) is 10.8. The molecule has 96 valence electrons. The molecule has 1 aromatic carbocycles. The van der Waals surface area contributed by atoms with E-state index in [1.807, 2.05) is 4.57 Å². The van der Waals surface area contributed by atoms with Crippen LogP contribution in [0.15, 0.2) is 30.9 Å². The number of hydrogen-bond acceptors (Lipinski definition) is 4. The van der Waals surface area contributed by atoms with Crippen molar-refractivity contribution in [3.05, 3.63) is 47.5 Å². The van der Waals surface area contributed by atoms with Gasteiger partial charge in [0.05, 0.1) is 17.6 Å². The Bertz CT molecular complexity index is 731. The molecule has 0 fully saturated rings. The number of benzene rings is 1. The highest BCUT2D eigenvalue weighted by molar-refractivity contribution is 5.78. The van der Waals surface area contributed by atoms with Gasteiger partial charge in [-0.2, -0.15) is 0 Å². The molecule has 2 aromatic heterocycles. The maximum absolute atomic E-state index is 9.00. The van der Waals surface area contributed by atoms with E-state index in [0.29, 0.717) is 11.5 Å². The molecule has 0 saturated heterocycles. The second-order valence-electron chi connectivity index (χ2n) is 4.59. The largest absolute Gasteiger partial charge is 0.392 e. The van der Waals surface area contributed by atoms with Gasteiger partial charge in [0.1, 0.15) is 6.33 Å². The third-order valence-electron chi connectivity index (χ3n) is 3.25. The van der Waals surface area contributed by atoms with Gasteiger partial charge in [-0.25, -0.2) is 15.0 Å². The van der Waals surface area contributed by atoms with E-state index in [0.717, 1.165) is 11.0 Å². The zero-order valence-corrected chi connectivity index (χ0v) is 10.8. The maximum Gasteiger partial charge on any atom is 0.235 e. The maximum atomic E-state index is 9.00. The van der Waals surface area contributed by atoms with Crippen LogP contribution in [-0.2, 0) is 6.61 Å². The molecule has 0 radical (unpaired) electrons. The van der Waals surface area contributed by atoms with Crippen LogP contribution in [0, 0.1) is 13.8 Å². The number of rotatable bonds is 2. The highest BCUT2D eigenvalue weighted by atomic mass is 16.3. The van der Waals surface area contributed by atoms with Gasteiger partial charge in [-0.15, -0.1) is 0 Å². The van der Waals surface area contributed by atoms with Crippen molar-refractivity contribution in [1.29, 1.82) is 0 Å². The molecular weight excluding hydrogens is 240 g/mol. The summed E-state index contributed by atoms with van der Waals surface area (Å²) >= 11 is 0. The number of hydrogen-bond donors (Lipinski definition) is 1.